The summed E-state index contributed by atoms with van der Waals surface area (Å²) in [6.07, 6.45) is 2.54. The molecule has 0 amide bonds. The van der Waals surface area contributed by atoms with Crippen LogP contribution in [-0.2, 0) is 6.54 Å². The van der Waals surface area contributed by atoms with Crippen molar-refractivity contribution in [2.45, 2.75) is 53.0 Å². The number of rotatable bonds is 5. The molecule has 0 atom stereocenters. The summed E-state index contributed by atoms with van der Waals surface area (Å²) in [5, 5.41) is 3.47. The maximum absolute atomic E-state index is 4.64. The smallest absolute Gasteiger partial charge is 0.131 e. The fourth-order valence-electron chi connectivity index (χ4n) is 2.03. The van der Waals surface area contributed by atoms with Gasteiger partial charge in [0.05, 0.1) is 0 Å². The quantitative estimate of drug-likeness (QED) is 0.849. The van der Waals surface area contributed by atoms with Crippen LogP contribution in [0, 0.1) is 19.8 Å². The minimum Gasteiger partial charge on any atom is -0.312 e. The summed E-state index contributed by atoms with van der Waals surface area (Å²) in [4.78, 5) is 9.29. The molecule has 17 heavy (non-hydrogen) atoms. The summed E-state index contributed by atoms with van der Waals surface area (Å²) in [5.74, 6) is 2.39. The van der Waals surface area contributed by atoms with E-state index in [1.165, 1.54) is 18.4 Å². The highest BCUT2D eigenvalue weighted by Crippen LogP contribution is 2.38. The lowest BCUT2D eigenvalue weighted by Gasteiger charge is -2.12. The van der Waals surface area contributed by atoms with Gasteiger partial charge in [-0.3, -0.25) is 0 Å². The largest absolute Gasteiger partial charge is 0.312 e. The van der Waals surface area contributed by atoms with E-state index in [1.54, 1.807) is 0 Å². The molecular weight excluding hydrogens is 210 g/mol. The molecule has 1 aromatic heterocycles. The Kier molecular flexibility index (Phi) is 3.77. The normalized spacial score (nSPS) is 15.6. The first-order valence-corrected chi connectivity index (χ1v) is 6.62. The Balaban J connectivity index is 2.05. The van der Waals surface area contributed by atoms with Crippen molar-refractivity contribution >= 4 is 0 Å². The first kappa shape index (κ1) is 12.5. The lowest BCUT2D eigenvalue weighted by atomic mass is 10.1. The molecule has 0 aromatic carbocycles. The van der Waals surface area contributed by atoms with Gasteiger partial charge in [0.2, 0.25) is 0 Å². The number of aryl methyl sites for hydroxylation is 2. The minimum absolute atomic E-state index is 0.644. The zero-order valence-electron chi connectivity index (χ0n) is 11.4. The molecule has 1 N–H and O–H groups in total. The van der Waals surface area contributed by atoms with Gasteiger partial charge in [-0.05, 0) is 39.2 Å². The number of hydrogen-bond acceptors (Lipinski definition) is 3. The van der Waals surface area contributed by atoms with Crippen molar-refractivity contribution in [1.29, 1.82) is 0 Å². The second-order valence-electron chi connectivity index (χ2n) is 5.53. The van der Waals surface area contributed by atoms with E-state index >= 15 is 0 Å². The van der Waals surface area contributed by atoms with Gasteiger partial charge in [0.25, 0.3) is 0 Å². The maximum atomic E-state index is 4.64. The summed E-state index contributed by atoms with van der Waals surface area (Å²) in [6.45, 7) is 10.6. The van der Waals surface area contributed by atoms with Crippen molar-refractivity contribution in [1.82, 2.24) is 15.3 Å². The molecule has 0 aliphatic heterocycles. The molecule has 0 saturated heterocycles. The zero-order chi connectivity index (χ0) is 12.4. The van der Waals surface area contributed by atoms with E-state index in [-0.39, 0.29) is 0 Å². The van der Waals surface area contributed by atoms with Crippen LogP contribution in [0.1, 0.15) is 55.4 Å². The molecule has 2 rings (SSSR count). The number of nitrogens with zero attached hydrogens (tertiary/aromatic N) is 2. The molecule has 0 unspecified atom stereocenters. The molecule has 1 aliphatic carbocycles. The van der Waals surface area contributed by atoms with Crippen LogP contribution >= 0.6 is 0 Å². The Labute approximate surface area is 104 Å². The molecule has 1 aromatic rings. The van der Waals surface area contributed by atoms with Gasteiger partial charge in [0.15, 0.2) is 0 Å². The highest BCUT2D eigenvalue weighted by molar-refractivity contribution is 5.26. The van der Waals surface area contributed by atoms with Crippen LogP contribution in [-0.4, -0.2) is 16.5 Å². The fraction of sp³-hybridized carbons (Fsp3) is 0.714. The Morgan fingerprint density at radius 3 is 2.24 bits per heavy atom. The molecule has 1 heterocycles. The molecule has 0 spiro atoms. The van der Waals surface area contributed by atoms with Crippen LogP contribution in [0.2, 0.25) is 0 Å². The van der Waals surface area contributed by atoms with E-state index in [9.17, 15) is 0 Å². The van der Waals surface area contributed by atoms with Gasteiger partial charge < -0.3 is 5.32 Å². The van der Waals surface area contributed by atoms with Crippen LogP contribution < -0.4 is 5.32 Å². The third-order valence-electron chi connectivity index (χ3n) is 3.23. The molecule has 0 bridgehead atoms. The van der Waals surface area contributed by atoms with E-state index in [4.69, 9.17) is 0 Å². The predicted octanol–water partition coefficient (Wildman–Crippen LogP) is 2.72. The molecule has 3 heteroatoms. The van der Waals surface area contributed by atoms with Crippen molar-refractivity contribution in [3.63, 3.8) is 0 Å². The molecule has 0 radical (unpaired) electrons. The average molecular weight is 233 g/mol. The monoisotopic (exact) mass is 233 g/mol. The molecule has 94 valence electrons. The van der Waals surface area contributed by atoms with Crippen LogP contribution in [0.5, 0.6) is 0 Å². The summed E-state index contributed by atoms with van der Waals surface area (Å²) >= 11 is 0. The first-order valence-electron chi connectivity index (χ1n) is 6.62. The number of aromatic nitrogens is 2. The molecule has 1 aliphatic rings. The SMILES string of the molecule is Cc1nc(C2CC2)nc(C)c1CNCC(C)C. The van der Waals surface area contributed by atoms with Crippen LogP contribution in [0.4, 0.5) is 0 Å². The second kappa shape index (κ2) is 5.13. The van der Waals surface area contributed by atoms with Crippen LogP contribution in [0.25, 0.3) is 0 Å². The third-order valence-corrected chi connectivity index (χ3v) is 3.23. The molecular formula is C14H23N3. The zero-order valence-corrected chi connectivity index (χ0v) is 11.4. The predicted molar refractivity (Wildman–Crippen MR) is 70.0 cm³/mol. The maximum Gasteiger partial charge on any atom is 0.131 e. The van der Waals surface area contributed by atoms with Crippen LogP contribution in [0.3, 0.4) is 0 Å². The van der Waals surface area contributed by atoms with Crippen molar-refractivity contribution in [2.75, 3.05) is 6.54 Å². The average Bonchev–Trinajstić information content (AvgIpc) is 3.04. The van der Waals surface area contributed by atoms with E-state index in [0.29, 0.717) is 11.8 Å². The Bertz CT molecular complexity index is 371. The molecule has 3 nitrogen and oxygen atoms in total. The lowest BCUT2D eigenvalue weighted by Crippen LogP contribution is -2.21. The standard InChI is InChI=1S/C14H23N3/c1-9(2)7-15-8-13-10(3)16-14(12-5-6-12)17-11(13)4/h9,12,15H,5-8H2,1-4H3. The van der Waals surface area contributed by atoms with Crippen molar-refractivity contribution in [3.8, 4) is 0 Å². The number of hydrogen-bond donors (Lipinski definition) is 1. The van der Waals surface area contributed by atoms with Crippen molar-refractivity contribution in [3.05, 3.63) is 22.8 Å². The van der Waals surface area contributed by atoms with Crippen molar-refractivity contribution in [2.24, 2.45) is 5.92 Å². The van der Waals surface area contributed by atoms with E-state index < -0.39 is 0 Å². The molecule has 1 fully saturated rings. The summed E-state index contributed by atoms with van der Waals surface area (Å²) in [6, 6.07) is 0. The van der Waals surface area contributed by atoms with E-state index in [0.717, 1.165) is 30.3 Å². The highest BCUT2D eigenvalue weighted by Gasteiger charge is 2.27. The summed E-state index contributed by atoms with van der Waals surface area (Å²) in [5.41, 5.74) is 3.57. The molecule has 1 saturated carbocycles. The van der Waals surface area contributed by atoms with E-state index in [2.05, 4.69) is 43.0 Å². The highest BCUT2D eigenvalue weighted by atomic mass is 14.9. The summed E-state index contributed by atoms with van der Waals surface area (Å²) < 4.78 is 0. The van der Waals surface area contributed by atoms with Crippen molar-refractivity contribution < 1.29 is 0 Å². The minimum atomic E-state index is 0.644. The third kappa shape index (κ3) is 3.25. The van der Waals surface area contributed by atoms with Gasteiger partial charge in [-0.25, -0.2) is 9.97 Å². The van der Waals surface area contributed by atoms with Gasteiger partial charge in [-0.15, -0.1) is 0 Å². The second-order valence-corrected chi connectivity index (χ2v) is 5.53. The van der Waals surface area contributed by atoms with Gasteiger partial charge >= 0.3 is 0 Å². The van der Waals surface area contributed by atoms with Gasteiger partial charge in [0.1, 0.15) is 5.82 Å². The topological polar surface area (TPSA) is 37.8 Å². The first-order chi connectivity index (χ1) is 8.08. The van der Waals surface area contributed by atoms with Gasteiger partial charge in [-0.1, -0.05) is 13.8 Å². The lowest BCUT2D eigenvalue weighted by molar-refractivity contribution is 0.548. The van der Waals surface area contributed by atoms with Crippen LogP contribution in [0.15, 0.2) is 0 Å². The Morgan fingerprint density at radius 2 is 1.76 bits per heavy atom. The van der Waals surface area contributed by atoms with Gasteiger partial charge in [-0.2, -0.15) is 0 Å². The number of nitrogens with one attached hydrogen (secondary N) is 1. The Hall–Kier alpha value is -0.960. The summed E-state index contributed by atoms with van der Waals surface area (Å²) in [7, 11) is 0. The fourth-order valence-corrected chi connectivity index (χ4v) is 2.03. The Morgan fingerprint density at radius 1 is 1.18 bits per heavy atom. The van der Waals surface area contributed by atoms with Gasteiger partial charge in [0, 0.05) is 29.4 Å². The van der Waals surface area contributed by atoms with E-state index in [1.807, 2.05) is 0 Å².